The third-order valence-corrected chi connectivity index (χ3v) is 6.32. The molecule has 0 aliphatic rings. The highest BCUT2D eigenvalue weighted by molar-refractivity contribution is 7.98. The number of thioether (sulfide) groups is 1. The summed E-state index contributed by atoms with van der Waals surface area (Å²) in [5.41, 5.74) is 3.00. The van der Waals surface area contributed by atoms with Gasteiger partial charge in [0.1, 0.15) is 5.01 Å². The van der Waals surface area contributed by atoms with Crippen LogP contribution in [0.3, 0.4) is 0 Å². The average molecular weight is 425 g/mol. The zero-order chi connectivity index (χ0) is 19.3. The van der Waals surface area contributed by atoms with Crippen LogP contribution in [0, 0.1) is 0 Å². The van der Waals surface area contributed by atoms with Crippen molar-refractivity contribution in [1.82, 2.24) is 19.7 Å². The van der Waals surface area contributed by atoms with Gasteiger partial charge in [-0.25, -0.2) is 4.98 Å². The van der Waals surface area contributed by atoms with Gasteiger partial charge in [0, 0.05) is 28.8 Å². The van der Waals surface area contributed by atoms with Gasteiger partial charge in [0.2, 0.25) is 0 Å². The van der Waals surface area contributed by atoms with Gasteiger partial charge in [-0.1, -0.05) is 78.0 Å². The molecular weight excluding hydrogens is 408 g/mol. The van der Waals surface area contributed by atoms with Crippen molar-refractivity contribution in [3.05, 3.63) is 83.3 Å². The predicted octanol–water partition coefficient (Wildman–Crippen LogP) is 6.20. The third kappa shape index (κ3) is 4.04. The van der Waals surface area contributed by atoms with E-state index in [1.54, 1.807) is 23.1 Å². The molecule has 2 heterocycles. The van der Waals surface area contributed by atoms with Gasteiger partial charge in [-0.15, -0.1) is 28.1 Å². The molecule has 7 heteroatoms. The Bertz CT molecular complexity index is 1090. The molecule has 0 N–H and O–H groups in total. The molecule has 0 unspecified atom stereocenters. The monoisotopic (exact) mass is 424 g/mol. The molecule has 0 amide bonds. The van der Waals surface area contributed by atoms with Gasteiger partial charge in [0.05, 0.1) is 10.7 Å². The van der Waals surface area contributed by atoms with Crippen LogP contribution in [0.1, 0.15) is 5.69 Å². The van der Waals surface area contributed by atoms with Crippen LogP contribution >= 0.6 is 34.7 Å². The zero-order valence-corrected chi connectivity index (χ0v) is 17.3. The first-order valence-electron chi connectivity index (χ1n) is 8.68. The topological polar surface area (TPSA) is 43.6 Å². The number of nitrogens with zero attached hydrogens (tertiary/aromatic N) is 4. The number of hydrogen-bond donors (Lipinski definition) is 0. The predicted molar refractivity (Wildman–Crippen MR) is 118 cm³/mol. The summed E-state index contributed by atoms with van der Waals surface area (Å²) in [4.78, 5) is 4.73. The fourth-order valence-electron chi connectivity index (χ4n) is 2.76. The number of rotatable bonds is 7. The summed E-state index contributed by atoms with van der Waals surface area (Å²) in [5, 5.41) is 13.3. The molecule has 4 nitrogen and oxygen atoms in total. The normalized spacial score (nSPS) is 10.9. The molecule has 0 aliphatic carbocycles. The van der Waals surface area contributed by atoms with Gasteiger partial charge in [-0.3, -0.25) is 4.57 Å². The van der Waals surface area contributed by atoms with Gasteiger partial charge in [0.15, 0.2) is 11.0 Å². The van der Waals surface area contributed by atoms with Crippen LogP contribution < -0.4 is 0 Å². The van der Waals surface area contributed by atoms with Crippen LogP contribution in [-0.2, 0) is 12.3 Å². The quantitative estimate of drug-likeness (QED) is 0.261. The first-order chi connectivity index (χ1) is 13.8. The van der Waals surface area contributed by atoms with Gasteiger partial charge in [-0.2, -0.15) is 0 Å². The Kier molecular flexibility index (Phi) is 5.90. The van der Waals surface area contributed by atoms with Crippen LogP contribution in [0.2, 0.25) is 5.02 Å². The lowest BCUT2D eigenvalue weighted by atomic mass is 10.2. The minimum absolute atomic E-state index is 0.654. The molecule has 0 aliphatic heterocycles. The Balaban J connectivity index is 1.54. The molecule has 0 bridgehead atoms. The molecule has 0 saturated carbocycles. The highest BCUT2D eigenvalue weighted by Crippen LogP contribution is 2.32. The van der Waals surface area contributed by atoms with Gasteiger partial charge < -0.3 is 0 Å². The molecule has 4 aromatic rings. The fraction of sp³-hybridized carbons (Fsp3) is 0.0952. The maximum Gasteiger partial charge on any atom is 0.192 e. The van der Waals surface area contributed by atoms with Gasteiger partial charge in [0.25, 0.3) is 0 Å². The van der Waals surface area contributed by atoms with Crippen molar-refractivity contribution in [2.24, 2.45) is 0 Å². The Morgan fingerprint density at radius 2 is 1.86 bits per heavy atom. The number of allylic oxidation sites excluding steroid dienone is 1. The molecule has 4 rings (SSSR count). The van der Waals surface area contributed by atoms with Crippen LogP contribution in [0.4, 0.5) is 0 Å². The van der Waals surface area contributed by atoms with E-state index in [9.17, 15) is 0 Å². The lowest BCUT2D eigenvalue weighted by Gasteiger charge is -2.07. The van der Waals surface area contributed by atoms with E-state index in [4.69, 9.17) is 16.6 Å². The van der Waals surface area contributed by atoms with Crippen LogP contribution in [-0.4, -0.2) is 19.7 Å². The molecule has 0 fully saturated rings. The molecule has 2 aromatic heterocycles. The number of thiazole rings is 1. The molecule has 28 heavy (non-hydrogen) atoms. The summed E-state index contributed by atoms with van der Waals surface area (Å²) in [6.07, 6.45) is 1.86. The largest absolute Gasteiger partial charge is 0.298 e. The Hall–Kier alpha value is -2.41. The minimum Gasteiger partial charge on any atom is -0.298 e. The summed E-state index contributed by atoms with van der Waals surface area (Å²) in [6, 6.07) is 17.8. The van der Waals surface area contributed by atoms with E-state index in [1.165, 1.54) is 0 Å². The van der Waals surface area contributed by atoms with Crippen molar-refractivity contribution in [2.75, 3.05) is 0 Å². The molecule has 0 radical (unpaired) electrons. The highest BCUT2D eigenvalue weighted by Gasteiger charge is 2.14. The van der Waals surface area contributed by atoms with Crippen molar-refractivity contribution >= 4 is 34.7 Å². The van der Waals surface area contributed by atoms with Crippen molar-refractivity contribution in [3.63, 3.8) is 0 Å². The smallest absolute Gasteiger partial charge is 0.192 e. The first kappa shape index (κ1) is 18.9. The number of aromatic nitrogens is 4. The SMILES string of the molecule is C=CCn1c(SCc2csc(-c3ccccc3Cl)n2)nnc1-c1ccccc1. The van der Waals surface area contributed by atoms with Crippen LogP contribution in [0.5, 0.6) is 0 Å². The standard InChI is InChI=1S/C21H17ClN4S2/c1-2-12-26-19(15-8-4-3-5-9-15)24-25-21(26)28-14-16-13-27-20(23-16)17-10-6-7-11-18(17)22/h2-11,13H,1,12,14H2. The van der Waals surface area contributed by atoms with E-state index in [0.717, 1.165) is 32.8 Å². The summed E-state index contributed by atoms with van der Waals surface area (Å²) in [5.74, 6) is 1.56. The maximum absolute atomic E-state index is 6.29. The summed E-state index contributed by atoms with van der Waals surface area (Å²) < 4.78 is 2.08. The maximum atomic E-state index is 6.29. The van der Waals surface area contributed by atoms with Gasteiger partial charge >= 0.3 is 0 Å². The Morgan fingerprint density at radius 1 is 1.07 bits per heavy atom. The Morgan fingerprint density at radius 3 is 2.64 bits per heavy atom. The van der Waals surface area contributed by atoms with Crippen molar-refractivity contribution in [1.29, 1.82) is 0 Å². The fourth-order valence-corrected chi connectivity index (χ4v) is 4.85. The van der Waals surface area contributed by atoms with Crippen molar-refractivity contribution in [3.8, 4) is 22.0 Å². The van der Waals surface area contributed by atoms with Crippen LogP contribution in [0.15, 0.2) is 77.8 Å². The van der Waals surface area contributed by atoms with E-state index in [2.05, 4.69) is 26.7 Å². The number of benzene rings is 2. The molecule has 0 atom stereocenters. The van der Waals surface area contributed by atoms with E-state index in [-0.39, 0.29) is 0 Å². The van der Waals surface area contributed by atoms with E-state index >= 15 is 0 Å². The molecule has 2 aromatic carbocycles. The molecule has 0 saturated heterocycles. The van der Waals surface area contributed by atoms with Gasteiger partial charge in [-0.05, 0) is 6.07 Å². The molecular formula is C21H17ClN4S2. The lowest BCUT2D eigenvalue weighted by molar-refractivity contribution is 0.731. The summed E-state index contributed by atoms with van der Waals surface area (Å²) >= 11 is 9.51. The summed E-state index contributed by atoms with van der Waals surface area (Å²) in [7, 11) is 0. The minimum atomic E-state index is 0.654. The highest BCUT2D eigenvalue weighted by atomic mass is 35.5. The summed E-state index contributed by atoms with van der Waals surface area (Å²) in [6.45, 7) is 4.52. The van der Waals surface area contributed by atoms with Crippen LogP contribution in [0.25, 0.3) is 22.0 Å². The number of hydrogen-bond acceptors (Lipinski definition) is 5. The second kappa shape index (κ2) is 8.73. The first-order valence-corrected chi connectivity index (χ1v) is 10.9. The van der Waals surface area contributed by atoms with E-state index in [1.807, 2.05) is 60.7 Å². The molecule has 140 valence electrons. The van der Waals surface area contributed by atoms with E-state index < -0.39 is 0 Å². The number of halogens is 1. The zero-order valence-electron chi connectivity index (χ0n) is 15.0. The van der Waals surface area contributed by atoms with E-state index in [0.29, 0.717) is 17.3 Å². The second-order valence-corrected chi connectivity index (χ2v) is 8.19. The van der Waals surface area contributed by atoms with Crippen molar-refractivity contribution < 1.29 is 0 Å². The van der Waals surface area contributed by atoms with Crippen molar-refractivity contribution in [2.45, 2.75) is 17.5 Å². The second-order valence-electron chi connectivity index (χ2n) is 5.98. The Labute approximate surface area is 176 Å². The third-order valence-electron chi connectivity index (χ3n) is 4.07. The molecule has 0 spiro atoms. The lowest BCUT2D eigenvalue weighted by Crippen LogP contribution is -2.00. The average Bonchev–Trinajstić information content (AvgIpc) is 3.35.